The third kappa shape index (κ3) is 5.70. The van der Waals surface area contributed by atoms with Crippen molar-refractivity contribution in [3.63, 3.8) is 0 Å². The van der Waals surface area contributed by atoms with Crippen LogP contribution in [0, 0.1) is 5.82 Å². The van der Waals surface area contributed by atoms with Gasteiger partial charge in [-0.2, -0.15) is 0 Å². The maximum atomic E-state index is 13.5. The normalized spacial score (nSPS) is 13.1. The van der Waals surface area contributed by atoms with Crippen LogP contribution in [0.1, 0.15) is 73.9 Å². The fourth-order valence-corrected chi connectivity index (χ4v) is 4.01. The lowest BCUT2D eigenvalue weighted by Crippen LogP contribution is -2.19. The van der Waals surface area contributed by atoms with E-state index in [0.29, 0.717) is 40.0 Å². The molecule has 0 radical (unpaired) electrons. The number of benzene rings is 2. The molecule has 35 heavy (non-hydrogen) atoms. The topological polar surface area (TPSA) is 71.3 Å². The summed E-state index contributed by atoms with van der Waals surface area (Å²) in [6.07, 6.45) is 4.96. The lowest BCUT2D eigenvalue weighted by molar-refractivity contribution is -0.115. The first kappa shape index (κ1) is 25.9. The number of fused-ring (bicyclic) bond motifs is 1. The summed E-state index contributed by atoms with van der Waals surface area (Å²) in [5, 5.41) is 6.13. The average molecular weight is 477 g/mol. The maximum absolute atomic E-state index is 13.5. The molecule has 2 unspecified atom stereocenters. The van der Waals surface area contributed by atoms with Crippen molar-refractivity contribution in [2.45, 2.75) is 52.4 Å². The summed E-state index contributed by atoms with van der Waals surface area (Å²) < 4.78 is 19.7. The average Bonchev–Trinajstić information content (AvgIpc) is 3.24. The Morgan fingerprint density at radius 3 is 2.40 bits per heavy atom. The van der Waals surface area contributed by atoms with Crippen LogP contribution in [0.3, 0.4) is 0 Å². The van der Waals surface area contributed by atoms with Crippen LogP contribution in [0.2, 0.25) is 0 Å². The minimum absolute atomic E-state index is 0.0919. The standard InChI is InChI=1S/C29H33FN2O3/c1-7-17(3)23-16-25-24(15-22(23)18(4)9-14-26(33)32-19(5)8-2)27(29(34)31-6)28(35-25)20-10-12-21(30)13-11-20/h9-18H,5,7-8H2,1-4,6H3,(H,31,34)(H,32,33)/b14-9+. The number of hydrogen-bond donors (Lipinski definition) is 2. The van der Waals surface area contributed by atoms with Gasteiger partial charge in [-0.05, 0) is 78.3 Å². The fourth-order valence-electron chi connectivity index (χ4n) is 4.01. The molecule has 0 saturated heterocycles. The summed E-state index contributed by atoms with van der Waals surface area (Å²) in [5.41, 5.74) is 4.39. The van der Waals surface area contributed by atoms with Crippen molar-refractivity contribution < 1.29 is 18.4 Å². The Balaban J connectivity index is 2.17. The second kappa shape index (κ2) is 11.2. The second-order valence-electron chi connectivity index (χ2n) is 8.77. The zero-order valence-corrected chi connectivity index (χ0v) is 21.0. The van der Waals surface area contributed by atoms with E-state index >= 15 is 0 Å². The van der Waals surface area contributed by atoms with E-state index in [-0.39, 0.29) is 29.5 Å². The van der Waals surface area contributed by atoms with Crippen LogP contribution in [0.5, 0.6) is 0 Å². The number of furan rings is 1. The summed E-state index contributed by atoms with van der Waals surface area (Å²) in [5.74, 6) is -0.326. The molecule has 2 amide bonds. The highest BCUT2D eigenvalue weighted by Crippen LogP contribution is 2.39. The Morgan fingerprint density at radius 2 is 1.80 bits per heavy atom. The summed E-state index contributed by atoms with van der Waals surface area (Å²) >= 11 is 0. The van der Waals surface area contributed by atoms with Gasteiger partial charge in [0.15, 0.2) is 0 Å². The molecule has 0 fully saturated rings. The first-order valence-electron chi connectivity index (χ1n) is 11.9. The lowest BCUT2D eigenvalue weighted by Gasteiger charge is -2.18. The van der Waals surface area contributed by atoms with Crippen LogP contribution < -0.4 is 10.6 Å². The molecular formula is C29H33FN2O3. The molecule has 3 aromatic rings. The van der Waals surface area contributed by atoms with Gasteiger partial charge in [-0.25, -0.2) is 4.39 Å². The van der Waals surface area contributed by atoms with Crippen molar-refractivity contribution in [1.82, 2.24) is 10.6 Å². The molecule has 0 aliphatic heterocycles. The van der Waals surface area contributed by atoms with E-state index in [1.54, 1.807) is 19.2 Å². The van der Waals surface area contributed by atoms with Gasteiger partial charge >= 0.3 is 0 Å². The molecule has 0 aliphatic carbocycles. The van der Waals surface area contributed by atoms with Crippen molar-refractivity contribution in [2.75, 3.05) is 7.05 Å². The van der Waals surface area contributed by atoms with Crippen molar-refractivity contribution in [3.05, 3.63) is 83.3 Å². The fraction of sp³-hybridized carbons (Fsp3) is 0.310. The van der Waals surface area contributed by atoms with Crippen LogP contribution in [0.15, 0.2) is 65.2 Å². The number of carbonyl (C=O) groups is 2. The van der Waals surface area contributed by atoms with E-state index in [1.807, 2.05) is 32.1 Å². The summed E-state index contributed by atoms with van der Waals surface area (Å²) in [6.45, 7) is 12.0. The van der Waals surface area contributed by atoms with E-state index in [0.717, 1.165) is 17.5 Å². The van der Waals surface area contributed by atoms with Gasteiger partial charge in [0.2, 0.25) is 5.91 Å². The predicted molar refractivity (Wildman–Crippen MR) is 139 cm³/mol. The van der Waals surface area contributed by atoms with Crippen molar-refractivity contribution >= 4 is 22.8 Å². The number of halogens is 1. The smallest absolute Gasteiger partial charge is 0.255 e. The summed E-state index contributed by atoms with van der Waals surface area (Å²) in [6, 6.07) is 9.86. The number of carbonyl (C=O) groups excluding carboxylic acids is 2. The van der Waals surface area contributed by atoms with Crippen LogP contribution in [-0.4, -0.2) is 18.9 Å². The largest absolute Gasteiger partial charge is 0.455 e. The van der Waals surface area contributed by atoms with Crippen LogP contribution in [-0.2, 0) is 4.79 Å². The van der Waals surface area contributed by atoms with Gasteiger partial charge in [-0.1, -0.05) is 40.3 Å². The number of amides is 2. The van der Waals surface area contributed by atoms with E-state index in [9.17, 15) is 14.0 Å². The van der Waals surface area contributed by atoms with Crippen molar-refractivity contribution in [1.29, 1.82) is 0 Å². The first-order valence-corrected chi connectivity index (χ1v) is 11.9. The Hall–Kier alpha value is -3.67. The van der Waals surface area contributed by atoms with Crippen LogP contribution in [0.25, 0.3) is 22.3 Å². The van der Waals surface area contributed by atoms with Crippen LogP contribution in [0.4, 0.5) is 4.39 Å². The van der Waals surface area contributed by atoms with Crippen LogP contribution >= 0.6 is 0 Å². The quantitative estimate of drug-likeness (QED) is 0.333. The highest BCUT2D eigenvalue weighted by Gasteiger charge is 2.25. The minimum Gasteiger partial charge on any atom is -0.455 e. The Morgan fingerprint density at radius 1 is 1.11 bits per heavy atom. The molecule has 2 atom stereocenters. The Labute approximate surface area is 206 Å². The highest BCUT2D eigenvalue weighted by atomic mass is 19.1. The zero-order chi connectivity index (χ0) is 25.7. The number of rotatable bonds is 9. The lowest BCUT2D eigenvalue weighted by atomic mass is 9.86. The maximum Gasteiger partial charge on any atom is 0.255 e. The molecule has 184 valence electrons. The van der Waals surface area contributed by atoms with Gasteiger partial charge in [0, 0.05) is 23.7 Å². The molecule has 0 spiro atoms. The first-order chi connectivity index (χ1) is 16.7. The molecule has 3 rings (SSSR count). The van der Waals surface area contributed by atoms with E-state index in [4.69, 9.17) is 4.42 Å². The molecule has 2 N–H and O–H groups in total. The third-order valence-electron chi connectivity index (χ3n) is 6.35. The summed E-state index contributed by atoms with van der Waals surface area (Å²) in [7, 11) is 1.57. The van der Waals surface area contributed by atoms with E-state index in [2.05, 4.69) is 31.1 Å². The Bertz CT molecular complexity index is 1270. The zero-order valence-electron chi connectivity index (χ0n) is 21.0. The van der Waals surface area contributed by atoms with Gasteiger partial charge in [0.25, 0.3) is 5.91 Å². The third-order valence-corrected chi connectivity index (χ3v) is 6.35. The molecule has 0 saturated carbocycles. The second-order valence-corrected chi connectivity index (χ2v) is 8.77. The molecule has 6 heteroatoms. The van der Waals surface area contributed by atoms with E-state index < -0.39 is 0 Å². The van der Waals surface area contributed by atoms with Gasteiger partial charge in [-0.15, -0.1) is 0 Å². The van der Waals surface area contributed by atoms with Gasteiger partial charge in [0.1, 0.15) is 17.2 Å². The monoisotopic (exact) mass is 476 g/mol. The van der Waals surface area contributed by atoms with Gasteiger partial charge in [0.05, 0.1) is 5.56 Å². The van der Waals surface area contributed by atoms with E-state index in [1.165, 1.54) is 18.2 Å². The number of nitrogens with one attached hydrogen (secondary N) is 2. The molecule has 2 aromatic carbocycles. The van der Waals surface area contributed by atoms with Gasteiger partial charge in [-0.3, -0.25) is 9.59 Å². The molecule has 1 aromatic heterocycles. The molecule has 5 nitrogen and oxygen atoms in total. The molecule has 1 heterocycles. The summed E-state index contributed by atoms with van der Waals surface area (Å²) in [4.78, 5) is 25.2. The molecular weight excluding hydrogens is 443 g/mol. The van der Waals surface area contributed by atoms with Crippen molar-refractivity contribution in [2.24, 2.45) is 0 Å². The molecule has 0 bridgehead atoms. The minimum atomic E-state index is -0.361. The Kier molecular flexibility index (Phi) is 8.28. The number of allylic oxidation sites excluding steroid dienone is 2. The predicted octanol–water partition coefficient (Wildman–Crippen LogP) is 6.81. The highest BCUT2D eigenvalue weighted by molar-refractivity contribution is 6.11. The van der Waals surface area contributed by atoms with Crippen molar-refractivity contribution in [3.8, 4) is 11.3 Å². The number of hydrogen-bond acceptors (Lipinski definition) is 3. The molecule has 0 aliphatic rings. The van der Waals surface area contributed by atoms with Gasteiger partial charge < -0.3 is 15.1 Å². The SMILES string of the molecule is C=C(CC)NC(=O)/C=C/C(C)c1cc2c(C(=O)NC)c(-c3ccc(F)cc3)oc2cc1C(C)CC.